The van der Waals surface area contributed by atoms with Crippen molar-refractivity contribution in [2.45, 2.75) is 5.60 Å². The van der Waals surface area contributed by atoms with Crippen LogP contribution in [0.3, 0.4) is 0 Å². The first-order chi connectivity index (χ1) is 4.02. The monoisotopic (exact) mass is 126 g/mol. The van der Waals surface area contributed by atoms with Crippen LogP contribution in [0.15, 0.2) is 4.99 Å². The van der Waals surface area contributed by atoms with E-state index in [0.29, 0.717) is 0 Å². The summed E-state index contributed by atoms with van der Waals surface area (Å²) in [6.07, 6.45) is -0.912. The SMILES string of the molecule is [CH2]C1([CH2+])OC(=O)N=C1[O-]. The molecule has 0 aromatic rings. The standard InChI is InChI=1S/C5H4NO3/c1-5(2)3(7)6-4(8)9-5/h1-2H2. The van der Waals surface area contributed by atoms with Crippen molar-refractivity contribution in [1.82, 2.24) is 0 Å². The van der Waals surface area contributed by atoms with Crippen LogP contribution < -0.4 is 5.11 Å². The first-order valence-electron chi connectivity index (χ1n) is 2.22. The molecule has 1 heterocycles. The Bertz CT molecular complexity index is 183. The normalized spacial score (nSPS) is 33.9. The Kier molecular flexibility index (Phi) is 0.924. The second-order valence-electron chi connectivity index (χ2n) is 1.78. The van der Waals surface area contributed by atoms with Crippen LogP contribution in [0.1, 0.15) is 0 Å². The fourth-order valence-electron chi connectivity index (χ4n) is 0.418. The van der Waals surface area contributed by atoms with E-state index in [-0.39, 0.29) is 0 Å². The Morgan fingerprint density at radius 3 is 2.56 bits per heavy atom. The van der Waals surface area contributed by atoms with Crippen LogP contribution in [0, 0.1) is 13.8 Å². The van der Waals surface area contributed by atoms with Crippen LogP contribution in [0.5, 0.6) is 0 Å². The molecule has 1 rings (SSSR count). The quantitative estimate of drug-likeness (QED) is 0.403. The highest BCUT2D eigenvalue weighted by molar-refractivity contribution is 5.98. The van der Waals surface area contributed by atoms with Gasteiger partial charge in [0.25, 0.3) is 5.60 Å². The zero-order valence-electron chi connectivity index (χ0n) is 4.59. The lowest BCUT2D eigenvalue weighted by molar-refractivity contribution is -0.227. The van der Waals surface area contributed by atoms with Crippen molar-refractivity contribution < 1.29 is 14.6 Å². The summed E-state index contributed by atoms with van der Waals surface area (Å²) < 4.78 is 4.28. The predicted molar refractivity (Wildman–Crippen MR) is 27.4 cm³/mol. The molecular formula is C5H4NO3. The summed E-state index contributed by atoms with van der Waals surface area (Å²) in [5, 5.41) is 10.5. The predicted octanol–water partition coefficient (Wildman–Crippen LogP) is -0.698. The third-order valence-electron chi connectivity index (χ3n) is 0.865. The number of hydrogen-bond acceptors (Lipinski definition) is 3. The number of nitrogens with zero attached hydrogens (tertiary/aromatic N) is 1. The molecule has 4 nitrogen and oxygen atoms in total. The van der Waals surface area contributed by atoms with Gasteiger partial charge in [0, 0.05) is 6.92 Å². The van der Waals surface area contributed by atoms with E-state index >= 15 is 0 Å². The molecule has 0 fully saturated rings. The molecule has 0 aromatic heterocycles. The summed E-state index contributed by atoms with van der Waals surface area (Å²) in [4.78, 5) is 13.1. The zero-order chi connectivity index (χ0) is 7.07. The summed E-state index contributed by atoms with van der Waals surface area (Å²) in [7, 11) is 0. The lowest BCUT2D eigenvalue weighted by Crippen LogP contribution is -2.39. The highest BCUT2D eigenvalue weighted by Gasteiger charge is 2.37. The number of ether oxygens (including phenoxy) is 1. The van der Waals surface area contributed by atoms with Gasteiger partial charge in [-0.2, -0.15) is 4.99 Å². The van der Waals surface area contributed by atoms with Gasteiger partial charge >= 0.3 is 6.09 Å². The fourth-order valence-corrected chi connectivity index (χ4v) is 0.418. The van der Waals surface area contributed by atoms with E-state index in [9.17, 15) is 9.90 Å². The molecule has 1 radical (unpaired) electrons. The van der Waals surface area contributed by atoms with Crippen molar-refractivity contribution in [3.05, 3.63) is 13.8 Å². The maximum absolute atomic E-state index is 10.5. The van der Waals surface area contributed by atoms with Gasteiger partial charge in [-0.1, -0.05) is 0 Å². The van der Waals surface area contributed by atoms with Crippen LogP contribution in [0.4, 0.5) is 4.79 Å². The van der Waals surface area contributed by atoms with Crippen LogP contribution in [0.25, 0.3) is 0 Å². The van der Waals surface area contributed by atoms with Crippen molar-refractivity contribution in [3.8, 4) is 0 Å². The number of carbonyl (C=O) groups is 1. The molecule has 0 bridgehead atoms. The molecule has 47 valence electrons. The summed E-state index contributed by atoms with van der Waals surface area (Å²) >= 11 is 0. The van der Waals surface area contributed by atoms with Gasteiger partial charge in [-0.25, -0.2) is 4.79 Å². The van der Waals surface area contributed by atoms with Crippen molar-refractivity contribution >= 4 is 12.0 Å². The van der Waals surface area contributed by atoms with Crippen molar-refractivity contribution in [1.29, 1.82) is 0 Å². The second kappa shape index (κ2) is 1.40. The molecule has 0 unspecified atom stereocenters. The average Bonchev–Trinajstić information content (AvgIpc) is 1.79. The van der Waals surface area contributed by atoms with Crippen molar-refractivity contribution in [3.63, 3.8) is 0 Å². The van der Waals surface area contributed by atoms with Gasteiger partial charge in [0.05, 0.1) is 5.90 Å². The molecule has 0 aliphatic carbocycles. The van der Waals surface area contributed by atoms with Crippen LogP contribution in [0.2, 0.25) is 0 Å². The van der Waals surface area contributed by atoms with Gasteiger partial charge in [0.2, 0.25) is 0 Å². The number of rotatable bonds is 0. The topological polar surface area (TPSA) is 61.7 Å². The Balaban J connectivity index is 2.89. The number of carbonyl (C=O) groups excluding carboxylic acids is 1. The van der Waals surface area contributed by atoms with E-state index in [1.54, 1.807) is 0 Å². The maximum Gasteiger partial charge on any atom is 0.437 e. The number of aliphatic imine (C=N–C) groups is 1. The molecule has 0 saturated carbocycles. The highest BCUT2D eigenvalue weighted by atomic mass is 16.6. The van der Waals surface area contributed by atoms with Gasteiger partial charge in [0.15, 0.2) is 0 Å². The molecule has 0 N–H and O–H groups in total. The summed E-state index contributed by atoms with van der Waals surface area (Å²) in [6.45, 7) is 6.41. The molecule has 1 amide bonds. The Labute approximate surface area is 52.2 Å². The van der Waals surface area contributed by atoms with Crippen LogP contribution >= 0.6 is 0 Å². The third-order valence-corrected chi connectivity index (χ3v) is 0.865. The van der Waals surface area contributed by atoms with E-state index < -0.39 is 17.6 Å². The van der Waals surface area contributed by atoms with E-state index in [1.165, 1.54) is 0 Å². The molecule has 1 aliphatic heterocycles. The van der Waals surface area contributed by atoms with Gasteiger partial charge in [0.1, 0.15) is 6.92 Å². The average molecular weight is 126 g/mol. The van der Waals surface area contributed by atoms with E-state index in [0.717, 1.165) is 0 Å². The minimum absolute atomic E-state index is 0.729. The van der Waals surface area contributed by atoms with E-state index in [2.05, 4.69) is 23.6 Å². The van der Waals surface area contributed by atoms with E-state index in [1.807, 2.05) is 0 Å². The number of amides is 1. The first kappa shape index (κ1) is 5.94. The van der Waals surface area contributed by atoms with Gasteiger partial charge in [-0.05, 0) is 0 Å². The fraction of sp³-hybridized carbons (Fsp3) is 0.200. The van der Waals surface area contributed by atoms with Crippen molar-refractivity contribution in [2.24, 2.45) is 4.99 Å². The largest absolute Gasteiger partial charge is 0.856 e. The number of cyclic esters (lactones) is 1. The molecular weight excluding hydrogens is 122 g/mol. The first-order valence-corrected chi connectivity index (χ1v) is 2.22. The molecule has 0 aromatic carbocycles. The summed E-state index contributed by atoms with van der Waals surface area (Å²) in [6, 6.07) is 0. The van der Waals surface area contributed by atoms with Gasteiger partial charge < -0.3 is 9.84 Å². The Morgan fingerprint density at radius 2 is 2.44 bits per heavy atom. The third kappa shape index (κ3) is 0.826. The second-order valence-corrected chi connectivity index (χ2v) is 1.78. The highest BCUT2D eigenvalue weighted by Crippen LogP contribution is 2.15. The Hall–Kier alpha value is -1.19. The lowest BCUT2D eigenvalue weighted by Gasteiger charge is -2.13. The minimum atomic E-state index is -1.53. The lowest BCUT2D eigenvalue weighted by atomic mass is 10.1. The zero-order valence-corrected chi connectivity index (χ0v) is 4.59. The summed E-state index contributed by atoms with van der Waals surface area (Å²) in [5.41, 5.74) is -1.53. The molecule has 0 spiro atoms. The maximum atomic E-state index is 10.5. The summed E-state index contributed by atoms with van der Waals surface area (Å²) in [5.74, 6) is -0.729. The van der Waals surface area contributed by atoms with Crippen molar-refractivity contribution in [2.75, 3.05) is 0 Å². The number of hydrogen-bond donors (Lipinski definition) is 0. The molecule has 9 heavy (non-hydrogen) atoms. The van der Waals surface area contributed by atoms with Crippen LogP contribution in [-0.2, 0) is 4.74 Å². The van der Waals surface area contributed by atoms with Crippen LogP contribution in [-0.4, -0.2) is 17.6 Å². The van der Waals surface area contributed by atoms with Gasteiger partial charge in [-0.15, -0.1) is 0 Å². The smallest absolute Gasteiger partial charge is 0.437 e. The molecule has 0 saturated heterocycles. The molecule has 0 atom stereocenters. The van der Waals surface area contributed by atoms with Gasteiger partial charge in [-0.3, -0.25) is 0 Å². The minimum Gasteiger partial charge on any atom is -0.856 e. The van der Waals surface area contributed by atoms with E-state index in [4.69, 9.17) is 0 Å². The molecule has 4 heteroatoms. The molecule has 1 aliphatic rings. The Morgan fingerprint density at radius 1 is 1.89 bits per heavy atom.